The van der Waals surface area contributed by atoms with Gasteiger partial charge in [0.1, 0.15) is 0 Å². The molecular weight excluding hydrogens is 316 g/mol. The maximum absolute atomic E-state index is 12.4. The van der Waals surface area contributed by atoms with Crippen LogP contribution in [0.3, 0.4) is 0 Å². The van der Waals surface area contributed by atoms with E-state index >= 15 is 0 Å². The molecule has 0 spiro atoms. The average molecular weight is 338 g/mol. The number of para-hydroxylation sites is 2. The highest BCUT2D eigenvalue weighted by molar-refractivity contribution is 6.46. The molecule has 130 valence electrons. The highest BCUT2D eigenvalue weighted by atomic mass is 16.3. The number of anilines is 2. The van der Waals surface area contributed by atoms with E-state index in [0.29, 0.717) is 24.1 Å². The van der Waals surface area contributed by atoms with Crippen molar-refractivity contribution in [3.8, 4) is 0 Å². The smallest absolute Gasteiger partial charge is 0.296 e. The van der Waals surface area contributed by atoms with Crippen LogP contribution >= 0.6 is 0 Å². The highest BCUT2D eigenvalue weighted by Crippen LogP contribution is 2.28. The molecule has 2 N–H and O–H groups in total. The summed E-state index contributed by atoms with van der Waals surface area (Å²) in [5, 5.41) is 12.4. The molecule has 0 bridgehead atoms. The number of Topliss-reactive ketones (excluding diaryl/α,β-unsaturated/α-hetero) is 1. The first kappa shape index (κ1) is 17.2. The van der Waals surface area contributed by atoms with Crippen LogP contribution in [-0.2, 0) is 4.79 Å². The average Bonchev–Trinajstić information content (AvgIpc) is 2.63. The molecule has 3 rings (SSSR count). The van der Waals surface area contributed by atoms with Gasteiger partial charge in [-0.05, 0) is 31.9 Å². The Labute approximate surface area is 147 Å². The summed E-state index contributed by atoms with van der Waals surface area (Å²) < 4.78 is 0. The zero-order valence-corrected chi connectivity index (χ0v) is 14.2. The minimum atomic E-state index is -0.645. The van der Waals surface area contributed by atoms with Crippen molar-refractivity contribution in [3.63, 3.8) is 0 Å². The van der Waals surface area contributed by atoms with Crippen LogP contribution in [-0.4, -0.2) is 36.0 Å². The van der Waals surface area contributed by atoms with E-state index in [-0.39, 0.29) is 6.10 Å². The Morgan fingerprint density at radius 3 is 2.36 bits per heavy atom. The molecule has 1 amide bonds. The molecule has 5 heteroatoms. The van der Waals surface area contributed by atoms with Crippen LogP contribution < -0.4 is 10.2 Å². The number of nitrogens with one attached hydrogen (secondary N) is 1. The van der Waals surface area contributed by atoms with E-state index in [1.165, 1.54) is 0 Å². The van der Waals surface area contributed by atoms with Crippen LogP contribution in [0.1, 0.15) is 28.8 Å². The van der Waals surface area contributed by atoms with Crippen LogP contribution in [0.2, 0.25) is 0 Å². The van der Waals surface area contributed by atoms with Crippen LogP contribution in [0, 0.1) is 6.92 Å². The fourth-order valence-electron chi connectivity index (χ4n) is 2.98. The molecule has 1 heterocycles. The van der Waals surface area contributed by atoms with E-state index in [1.54, 1.807) is 18.2 Å². The Balaban J connectivity index is 1.75. The Hall–Kier alpha value is -2.66. The van der Waals surface area contributed by atoms with Gasteiger partial charge >= 0.3 is 0 Å². The fraction of sp³-hybridized carbons (Fsp3) is 0.300. The summed E-state index contributed by atoms with van der Waals surface area (Å²) in [4.78, 5) is 26.8. The Bertz CT molecular complexity index is 763. The largest absolute Gasteiger partial charge is 0.393 e. The molecule has 1 aliphatic heterocycles. The summed E-state index contributed by atoms with van der Waals surface area (Å²) >= 11 is 0. The van der Waals surface area contributed by atoms with Crippen molar-refractivity contribution in [2.24, 2.45) is 0 Å². The lowest BCUT2D eigenvalue weighted by Crippen LogP contribution is -2.36. The van der Waals surface area contributed by atoms with Gasteiger partial charge in [-0.15, -0.1) is 0 Å². The van der Waals surface area contributed by atoms with Crippen molar-refractivity contribution in [1.29, 1.82) is 0 Å². The number of hydrogen-bond acceptors (Lipinski definition) is 4. The lowest BCUT2D eigenvalue weighted by atomic mass is 10.1. The zero-order valence-electron chi connectivity index (χ0n) is 14.2. The van der Waals surface area contributed by atoms with Crippen LogP contribution in [0.5, 0.6) is 0 Å². The number of rotatable bonds is 4. The van der Waals surface area contributed by atoms with E-state index in [0.717, 1.165) is 24.3 Å². The van der Waals surface area contributed by atoms with Gasteiger partial charge in [-0.1, -0.05) is 42.0 Å². The second-order valence-corrected chi connectivity index (χ2v) is 6.38. The number of hydrogen-bond donors (Lipinski definition) is 2. The van der Waals surface area contributed by atoms with Gasteiger partial charge in [0.05, 0.1) is 17.5 Å². The van der Waals surface area contributed by atoms with E-state index < -0.39 is 11.7 Å². The second-order valence-electron chi connectivity index (χ2n) is 6.38. The summed E-state index contributed by atoms with van der Waals surface area (Å²) in [7, 11) is 0. The molecule has 0 unspecified atom stereocenters. The number of benzene rings is 2. The third-order valence-corrected chi connectivity index (χ3v) is 4.48. The minimum absolute atomic E-state index is 0.263. The number of piperidine rings is 1. The molecule has 1 fully saturated rings. The summed E-state index contributed by atoms with van der Waals surface area (Å²) in [5.41, 5.74) is 2.90. The number of nitrogens with zero attached hydrogens (tertiary/aromatic N) is 1. The summed E-state index contributed by atoms with van der Waals surface area (Å²) in [5.74, 6) is -1.20. The van der Waals surface area contributed by atoms with E-state index in [1.807, 2.05) is 37.3 Å². The SMILES string of the molecule is Cc1ccc(C(=O)C(=O)Nc2ccccc2N2CCC(O)CC2)cc1. The normalized spacial score (nSPS) is 15.0. The molecular formula is C20H22N2O3. The topological polar surface area (TPSA) is 69.6 Å². The summed E-state index contributed by atoms with van der Waals surface area (Å²) in [6, 6.07) is 14.4. The first-order chi connectivity index (χ1) is 12.0. The van der Waals surface area contributed by atoms with Crippen molar-refractivity contribution in [2.45, 2.75) is 25.9 Å². The first-order valence-electron chi connectivity index (χ1n) is 8.49. The quantitative estimate of drug-likeness (QED) is 0.664. The molecule has 25 heavy (non-hydrogen) atoms. The van der Waals surface area contributed by atoms with Crippen molar-refractivity contribution in [3.05, 3.63) is 59.7 Å². The van der Waals surface area contributed by atoms with E-state index in [9.17, 15) is 14.7 Å². The van der Waals surface area contributed by atoms with Crippen LogP contribution in [0.25, 0.3) is 0 Å². The predicted molar refractivity (Wildman–Crippen MR) is 98.0 cm³/mol. The van der Waals surface area contributed by atoms with Gasteiger partial charge in [-0.25, -0.2) is 0 Å². The first-order valence-corrected chi connectivity index (χ1v) is 8.49. The number of aryl methyl sites for hydroxylation is 1. The van der Waals surface area contributed by atoms with E-state index in [2.05, 4.69) is 10.2 Å². The molecule has 0 aliphatic carbocycles. The number of carbonyl (C=O) groups is 2. The van der Waals surface area contributed by atoms with Gasteiger partial charge in [-0.3, -0.25) is 9.59 Å². The van der Waals surface area contributed by atoms with Gasteiger partial charge in [0.15, 0.2) is 0 Å². The van der Waals surface area contributed by atoms with Gasteiger partial charge < -0.3 is 15.3 Å². The molecule has 2 aromatic rings. The lowest BCUT2D eigenvalue weighted by Gasteiger charge is -2.32. The fourth-order valence-corrected chi connectivity index (χ4v) is 2.98. The highest BCUT2D eigenvalue weighted by Gasteiger charge is 2.22. The lowest BCUT2D eigenvalue weighted by molar-refractivity contribution is -0.112. The van der Waals surface area contributed by atoms with Gasteiger partial charge in [0.2, 0.25) is 0 Å². The van der Waals surface area contributed by atoms with Crippen molar-refractivity contribution < 1.29 is 14.7 Å². The molecule has 0 saturated carbocycles. The summed E-state index contributed by atoms with van der Waals surface area (Å²) in [6.07, 6.45) is 1.14. The number of aliphatic hydroxyl groups is 1. The Morgan fingerprint density at radius 1 is 1.04 bits per heavy atom. The Morgan fingerprint density at radius 2 is 1.68 bits per heavy atom. The van der Waals surface area contributed by atoms with Crippen LogP contribution in [0.15, 0.2) is 48.5 Å². The summed E-state index contributed by atoms with van der Waals surface area (Å²) in [6.45, 7) is 3.38. The van der Waals surface area contributed by atoms with Crippen molar-refractivity contribution in [1.82, 2.24) is 0 Å². The zero-order chi connectivity index (χ0) is 17.8. The minimum Gasteiger partial charge on any atom is -0.393 e. The molecule has 1 saturated heterocycles. The predicted octanol–water partition coefficient (Wildman–Crippen LogP) is 2.78. The maximum atomic E-state index is 12.4. The molecule has 0 atom stereocenters. The van der Waals surface area contributed by atoms with Crippen molar-refractivity contribution >= 4 is 23.1 Å². The van der Waals surface area contributed by atoms with Crippen molar-refractivity contribution in [2.75, 3.05) is 23.3 Å². The number of amides is 1. The molecule has 1 aliphatic rings. The molecule has 0 radical (unpaired) electrons. The standard InChI is InChI=1S/C20H22N2O3/c1-14-6-8-15(9-7-14)19(24)20(25)21-17-4-2-3-5-18(17)22-12-10-16(23)11-13-22/h2-9,16,23H,10-13H2,1H3,(H,21,25). The van der Waals surface area contributed by atoms with Gasteiger partial charge in [0.25, 0.3) is 11.7 Å². The number of aliphatic hydroxyl groups excluding tert-OH is 1. The monoisotopic (exact) mass is 338 g/mol. The maximum Gasteiger partial charge on any atom is 0.296 e. The number of carbonyl (C=O) groups excluding carboxylic acids is 2. The van der Waals surface area contributed by atoms with E-state index in [4.69, 9.17) is 0 Å². The third kappa shape index (κ3) is 4.06. The van der Waals surface area contributed by atoms with Crippen LogP contribution in [0.4, 0.5) is 11.4 Å². The molecule has 2 aromatic carbocycles. The van der Waals surface area contributed by atoms with Gasteiger partial charge in [-0.2, -0.15) is 0 Å². The molecule has 0 aromatic heterocycles. The number of ketones is 1. The third-order valence-electron chi connectivity index (χ3n) is 4.48. The Kier molecular flexibility index (Phi) is 5.14. The van der Waals surface area contributed by atoms with Gasteiger partial charge in [0, 0.05) is 18.7 Å². The molecule has 5 nitrogen and oxygen atoms in total. The second kappa shape index (κ2) is 7.49.